The summed E-state index contributed by atoms with van der Waals surface area (Å²) in [5.74, 6) is 0.674. The van der Waals surface area contributed by atoms with E-state index in [2.05, 4.69) is 44.6 Å². The molecular weight excluding hydrogens is 643 g/mol. The normalized spacial score (nSPS) is 14.3. The molecule has 0 radical (unpaired) electrons. The average molecular weight is 661 g/mol. The molecule has 3 aromatic carbocycles. The lowest BCUT2D eigenvalue weighted by atomic mass is 10.1. The molecular formula is C26H18BrIN2O4S. The number of methoxy groups -OCH3 is 1. The van der Waals surface area contributed by atoms with E-state index in [4.69, 9.17) is 14.7 Å². The fourth-order valence-corrected chi connectivity index (χ4v) is 5.13. The van der Waals surface area contributed by atoms with Crippen LogP contribution in [0, 0.1) is 14.9 Å². The minimum absolute atomic E-state index is 0.230. The van der Waals surface area contributed by atoms with Crippen molar-refractivity contribution in [2.24, 2.45) is 0 Å². The number of carbonyl (C=O) groups excluding carboxylic acids is 2. The van der Waals surface area contributed by atoms with Crippen LogP contribution in [0.5, 0.6) is 11.5 Å². The van der Waals surface area contributed by atoms with Gasteiger partial charge in [0.2, 0.25) is 0 Å². The van der Waals surface area contributed by atoms with Gasteiger partial charge in [-0.15, -0.1) is 0 Å². The third kappa shape index (κ3) is 6.07. The topological polar surface area (TPSA) is 79.6 Å². The van der Waals surface area contributed by atoms with Gasteiger partial charge in [0.05, 0.1) is 34.7 Å². The number of nitriles is 1. The highest BCUT2D eigenvalue weighted by Gasteiger charge is 2.35. The first kappa shape index (κ1) is 25.3. The molecule has 0 saturated carbocycles. The highest BCUT2D eigenvalue weighted by Crippen LogP contribution is 2.39. The van der Waals surface area contributed by atoms with Crippen LogP contribution < -0.4 is 9.47 Å². The second-order valence-corrected chi connectivity index (χ2v) is 10.6. The van der Waals surface area contributed by atoms with Gasteiger partial charge < -0.3 is 9.47 Å². The Morgan fingerprint density at radius 2 is 1.77 bits per heavy atom. The van der Waals surface area contributed by atoms with E-state index in [0.717, 1.165) is 26.5 Å². The molecule has 0 unspecified atom stereocenters. The third-order valence-corrected chi connectivity index (χ3v) is 7.36. The molecule has 1 aliphatic rings. The SMILES string of the molecule is COc1cc(/C=C2\SC(=O)N(Cc3ccc(I)cc3)C2=O)cc(Br)c1OCc1ccc(C#N)cc1. The Kier molecular flexibility index (Phi) is 8.15. The fourth-order valence-electron chi connectivity index (χ4n) is 3.35. The number of ether oxygens (including phenoxy) is 2. The average Bonchev–Trinajstić information content (AvgIpc) is 3.12. The highest BCUT2D eigenvalue weighted by atomic mass is 127. The molecule has 6 nitrogen and oxygen atoms in total. The van der Waals surface area contributed by atoms with Crippen LogP contribution >= 0.6 is 50.3 Å². The molecule has 0 aromatic heterocycles. The van der Waals surface area contributed by atoms with Gasteiger partial charge in [-0.2, -0.15) is 5.26 Å². The van der Waals surface area contributed by atoms with Crippen LogP contribution in [0.15, 0.2) is 70.0 Å². The summed E-state index contributed by atoms with van der Waals surface area (Å²) < 4.78 is 13.2. The molecule has 3 aromatic rings. The maximum atomic E-state index is 12.9. The van der Waals surface area contributed by atoms with Crippen molar-refractivity contribution < 1.29 is 19.1 Å². The van der Waals surface area contributed by atoms with Gasteiger partial charge in [-0.1, -0.05) is 24.3 Å². The molecule has 1 heterocycles. The van der Waals surface area contributed by atoms with Gasteiger partial charge >= 0.3 is 0 Å². The second-order valence-electron chi connectivity index (χ2n) is 7.53. The van der Waals surface area contributed by atoms with Crippen molar-refractivity contribution in [3.05, 3.63) is 95.9 Å². The predicted octanol–water partition coefficient (Wildman–Crippen LogP) is 6.75. The zero-order chi connectivity index (χ0) is 24.9. The molecule has 0 aliphatic carbocycles. The smallest absolute Gasteiger partial charge is 0.293 e. The molecule has 0 bridgehead atoms. The molecule has 35 heavy (non-hydrogen) atoms. The summed E-state index contributed by atoms with van der Waals surface area (Å²) in [6.07, 6.45) is 1.68. The van der Waals surface area contributed by atoms with Gasteiger partial charge in [0.15, 0.2) is 11.5 Å². The van der Waals surface area contributed by atoms with Crippen molar-refractivity contribution in [1.82, 2.24) is 4.90 Å². The Hall–Kier alpha value is -2.81. The van der Waals surface area contributed by atoms with Crippen molar-refractivity contribution in [1.29, 1.82) is 5.26 Å². The molecule has 1 aliphatic heterocycles. The van der Waals surface area contributed by atoms with Gasteiger partial charge in [-0.3, -0.25) is 14.5 Å². The summed E-state index contributed by atoms with van der Waals surface area (Å²) in [5.41, 5.74) is 3.07. The monoisotopic (exact) mass is 660 g/mol. The minimum atomic E-state index is -0.324. The molecule has 2 amide bonds. The van der Waals surface area contributed by atoms with Crippen molar-refractivity contribution in [3.63, 3.8) is 0 Å². The van der Waals surface area contributed by atoms with Crippen LogP contribution in [0.1, 0.15) is 22.3 Å². The lowest BCUT2D eigenvalue weighted by molar-refractivity contribution is -0.123. The Morgan fingerprint density at radius 1 is 1.09 bits per heavy atom. The Labute approximate surface area is 229 Å². The molecule has 1 fully saturated rings. The summed E-state index contributed by atoms with van der Waals surface area (Å²) >= 11 is 6.66. The van der Waals surface area contributed by atoms with Crippen LogP contribution in [0.2, 0.25) is 0 Å². The number of carbonyl (C=O) groups is 2. The Bertz CT molecular complexity index is 1350. The number of hydrogen-bond acceptors (Lipinski definition) is 6. The van der Waals surface area contributed by atoms with E-state index in [9.17, 15) is 9.59 Å². The summed E-state index contributed by atoms with van der Waals surface area (Å²) in [6, 6.07) is 20.5. The number of thioether (sulfide) groups is 1. The second kappa shape index (κ2) is 11.3. The van der Waals surface area contributed by atoms with Gasteiger partial charge in [0.1, 0.15) is 6.61 Å². The number of hydrogen-bond donors (Lipinski definition) is 0. The largest absolute Gasteiger partial charge is 0.493 e. The number of nitrogens with zero attached hydrogens (tertiary/aromatic N) is 2. The predicted molar refractivity (Wildman–Crippen MR) is 147 cm³/mol. The molecule has 176 valence electrons. The van der Waals surface area contributed by atoms with Crippen molar-refractivity contribution in [2.45, 2.75) is 13.2 Å². The lowest BCUT2D eigenvalue weighted by Gasteiger charge is -2.14. The lowest BCUT2D eigenvalue weighted by Crippen LogP contribution is -2.27. The van der Waals surface area contributed by atoms with E-state index in [0.29, 0.717) is 32.0 Å². The van der Waals surface area contributed by atoms with Crippen LogP contribution in [-0.2, 0) is 17.9 Å². The maximum absolute atomic E-state index is 12.9. The number of rotatable bonds is 7. The number of amides is 2. The Morgan fingerprint density at radius 3 is 2.43 bits per heavy atom. The number of imide groups is 1. The van der Waals surface area contributed by atoms with Gasteiger partial charge in [-0.25, -0.2) is 0 Å². The quantitative estimate of drug-likeness (QED) is 0.206. The first-order chi connectivity index (χ1) is 16.9. The van der Waals surface area contributed by atoms with E-state index in [-0.39, 0.29) is 24.3 Å². The zero-order valence-electron chi connectivity index (χ0n) is 18.5. The minimum Gasteiger partial charge on any atom is -0.493 e. The maximum Gasteiger partial charge on any atom is 0.293 e. The van der Waals surface area contributed by atoms with Crippen molar-refractivity contribution in [2.75, 3.05) is 7.11 Å². The van der Waals surface area contributed by atoms with E-state index in [1.54, 1.807) is 24.3 Å². The van der Waals surface area contributed by atoms with Crippen LogP contribution in [0.4, 0.5) is 4.79 Å². The first-order valence-corrected chi connectivity index (χ1v) is 13.1. The standard InChI is InChI=1S/C26H18BrIN2O4S/c1-33-22-11-19(10-21(27)24(22)34-15-18-4-2-16(13-29)3-5-18)12-23-25(31)30(26(32)35-23)14-17-6-8-20(28)9-7-17/h2-12H,14-15H2,1H3/b23-12-. The van der Waals surface area contributed by atoms with Crippen LogP contribution in [0.25, 0.3) is 6.08 Å². The van der Waals surface area contributed by atoms with Gasteiger partial charge in [0, 0.05) is 3.57 Å². The molecule has 0 N–H and O–H groups in total. The fraction of sp³-hybridized carbons (Fsp3) is 0.115. The highest BCUT2D eigenvalue weighted by molar-refractivity contribution is 14.1. The number of benzene rings is 3. The van der Waals surface area contributed by atoms with Crippen LogP contribution in [0.3, 0.4) is 0 Å². The summed E-state index contributed by atoms with van der Waals surface area (Å²) in [6.45, 7) is 0.519. The summed E-state index contributed by atoms with van der Waals surface area (Å²) in [7, 11) is 1.54. The molecule has 0 atom stereocenters. The molecule has 9 heteroatoms. The molecule has 1 saturated heterocycles. The van der Waals surface area contributed by atoms with Gasteiger partial charge in [0.25, 0.3) is 11.1 Å². The van der Waals surface area contributed by atoms with Crippen molar-refractivity contribution in [3.8, 4) is 17.6 Å². The first-order valence-electron chi connectivity index (χ1n) is 10.4. The van der Waals surface area contributed by atoms with E-state index >= 15 is 0 Å². The third-order valence-electron chi connectivity index (χ3n) is 5.14. The van der Waals surface area contributed by atoms with E-state index in [1.807, 2.05) is 42.5 Å². The molecule has 4 rings (SSSR count). The Balaban J connectivity index is 1.51. The summed E-state index contributed by atoms with van der Waals surface area (Å²) in [4.78, 5) is 27.0. The van der Waals surface area contributed by atoms with Gasteiger partial charge in [-0.05, 0) is 109 Å². The zero-order valence-corrected chi connectivity index (χ0v) is 23.0. The molecule has 0 spiro atoms. The van der Waals surface area contributed by atoms with E-state index in [1.165, 1.54) is 12.0 Å². The van der Waals surface area contributed by atoms with Crippen molar-refractivity contribution >= 4 is 67.5 Å². The number of halogens is 2. The van der Waals surface area contributed by atoms with E-state index < -0.39 is 0 Å². The summed E-state index contributed by atoms with van der Waals surface area (Å²) in [5, 5.41) is 8.64. The van der Waals surface area contributed by atoms with Crippen LogP contribution in [-0.4, -0.2) is 23.2 Å².